The van der Waals surface area contributed by atoms with Gasteiger partial charge in [-0.1, -0.05) is 45.0 Å². The molecule has 6 nitrogen and oxygen atoms in total. The Labute approximate surface area is 173 Å². The summed E-state index contributed by atoms with van der Waals surface area (Å²) in [6.07, 6.45) is 5.75. The molecule has 6 heteroatoms. The number of hydrogen-bond acceptors (Lipinski definition) is 6. The summed E-state index contributed by atoms with van der Waals surface area (Å²) < 4.78 is 0. The molecule has 1 fully saturated rings. The molecular weight excluding hydrogens is 362 g/mol. The van der Waals surface area contributed by atoms with Crippen molar-refractivity contribution in [2.45, 2.75) is 59.1 Å². The lowest BCUT2D eigenvalue weighted by Crippen LogP contribution is -2.37. The molecule has 1 heterocycles. The number of rotatable bonds is 7. The summed E-state index contributed by atoms with van der Waals surface area (Å²) in [4.78, 5) is 8.86. The standard InChI is InChI=1S/C23H31N5O/c1-16-4-9-20(12-23(16,2)3)27-21-19(13-24)14-26-22(28-21)25-11-10-17-5-7-18(15-29)8-6-17/h5-8,14,16,20,29H,4,9-12,15H2,1-3H3,(H2,25,26,27,28)/t16-,20+/m0/s1. The van der Waals surface area contributed by atoms with Crippen molar-refractivity contribution >= 4 is 11.8 Å². The van der Waals surface area contributed by atoms with Crippen molar-refractivity contribution in [3.05, 3.63) is 47.2 Å². The molecule has 2 atom stereocenters. The second-order valence-electron chi connectivity index (χ2n) is 8.73. The van der Waals surface area contributed by atoms with E-state index in [0.29, 0.717) is 35.8 Å². The fraction of sp³-hybridized carbons (Fsp3) is 0.522. The Morgan fingerprint density at radius 2 is 1.93 bits per heavy atom. The molecule has 0 unspecified atom stereocenters. The average Bonchev–Trinajstić information content (AvgIpc) is 2.71. The number of anilines is 2. The molecule has 1 aliphatic rings. The highest BCUT2D eigenvalue weighted by atomic mass is 16.3. The quantitative estimate of drug-likeness (QED) is 0.655. The lowest BCUT2D eigenvalue weighted by atomic mass is 9.68. The summed E-state index contributed by atoms with van der Waals surface area (Å²) in [6.45, 7) is 7.71. The van der Waals surface area contributed by atoms with Gasteiger partial charge in [-0.2, -0.15) is 10.2 Å². The van der Waals surface area contributed by atoms with Crippen LogP contribution in [0, 0.1) is 22.7 Å². The lowest BCUT2D eigenvalue weighted by molar-refractivity contribution is 0.143. The van der Waals surface area contributed by atoms with Gasteiger partial charge in [-0.15, -0.1) is 0 Å². The molecule has 1 aromatic heterocycles. The normalized spacial score (nSPS) is 20.7. The lowest BCUT2D eigenvalue weighted by Gasteiger charge is -2.41. The van der Waals surface area contributed by atoms with Crippen molar-refractivity contribution in [3.8, 4) is 6.07 Å². The Kier molecular flexibility index (Phi) is 6.71. The van der Waals surface area contributed by atoms with E-state index in [-0.39, 0.29) is 12.0 Å². The predicted molar refractivity (Wildman–Crippen MR) is 116 cm³/mol. The average molecular weight is 394 g/mol. The van der Waals surface area contributed by atoms with Crippen LogP contribution in [-0.4, -0.2) is 27.7 Å². The topological polar surface area (TPSA) is 93.9 Å². The van der Waals surface area contributed by atoms with E-state index in [1.165, 1.54) is 12.0 Å². The zero-order valence-corrected chi connectivity index (χ0v) is 17.6. The summed E-state index contributed by atoms with van der Waals surface area (Å²) in [5, 5.41) is 25.3. The first-order chi connectivity index (χ1) is 13.9. The van der Waals surface area contributed by atoms with E-state index in [9.17, 15) is 5.26 Å². The third kappa shape index (κ3) is 5.45. The van der Waals surface area contributed by atoms with Gasteiger partial charge in [0.15, 0.2) is 0 Å². The minimum Gasteiger partial charge on any atom is -0.392 e. The highest BCUT2D eigenvalue weighted by Gasteiger charge is 2.34. The molecule has 29 heavy (non-hydrogen) atoms. The molecule has 0 saturated heterocycles. The number of aliphatic hydroxyl groups excluding tert-OH is 1. The summed E-state index contributed by atoms with van der Waals surface area (Å²) in [5.74, 6) is 1.85. The molecule has 1 aromatic carbocycles. The molecule has 154 valence electrons. The molecule has 0 bridgehead atoms. The van der Waals surface area contributed by atoms with Crippen molar-refractivity contribution in [2.24, 2.45) is 11.3 Å². The second kappa shape index (κ2) is 9.23. The van der Waals surface area contributed by atoms with Crippen LogP contribution in [0.2, 0.25) is 0 Å². The molecule has 2 aromatic rings. The molecule has 0 spiro atoms. The molecule has 1 aliphatic carbocycles. The molecule has 0 aliphatic heterocycles. The van der Waals surface area contributed by atoms with E-state index >= 15 is 0 Å². The van der Waals surface area contributed by atoms with Crippen LogP contribution in [0.1, 0.15) is 56.7 Å². The third-order valence-electron chi connectivity index (χ3n) is 6.21. The molecule has 1 saturated carbocycles. The fourth-order valence-corrected chi connectivity index (χ4v) is 3.89. The molecule has 3 N–H and O–H groups in total. The van der Waals surface area contributed by atoms with E-state index in [0.717, 1.165) is 24.8 Å². The van der Waals surface area contributed by atoms with Gasteiger partial charge in [0.2, 0.25) is 5.95 Å². The number of aliphatic hydroxyl groups is 1. The van der Waals surface area contributed by atoms with Gasteiger partial charge in [0.25, 0.3) is 0 Å². The predicted octanol–water partition coefficient (Wildman–Crippen LogP) is 4.12. The number of nitrogens with one attached hydrogen (secondary N) is 2. The van der Waals surface area contributed by atoms with Crippen LogP contribution in [-0.2, 0) is 13.0 Å². The van der Waals surface area contributed by atoms with Crippen LogP contribution >= 0.6 is 0 Å². The summed E-state index contributed by atoms with van der Waals surface area (Å²) in [5.41, 5.74) is 2.85. The van der Waals surface area contributed by atoms with Crippen molar-refractivity contribution in [1.82, 2.24) is 9.97 Å². The Morgan fingerprint density at radius 1 is 1.21 bits per heavy atom. The minimum absolute atomic E-state index is 0.0600. The van der Waals surface area contributed by atoms with Gasteiger partial charge in [-0.05, 0) is 48.1 Å². The molecular formula is C23H31N5O. The van der Waals surface area contributed by atoms with Crippen molar-refractivity contribution in [1.29, 1.82) is 5.26 Å². The van der Waals surface area contributed by atoms with E-state index in [2.05, 4.69) is 47.4 Å². The number of aromatic nitrogens is 2. The SMILES string of the molecule is C[C@H]1CC[C@@H](Nc2nc(NCCc3ccc(CO)cc3)ncc2C#N)CC1(C)C. The number of nitriles is 1. The highest BCUT2D eigenvalue weighted by Crippen LogP contribution is 2.41. The summed E-state index contributed by atoms with van der Waals surface area (Å²) in [6, 6.07) is 10.4. The van der Waals surface area contributed by atoms with E-state index in [1.807, 2.05) is 24.3 Å². The first kappa shape index (κ1) is 21.1. The Morgan fingerprint density at radius 3 is 2.59 bits per heavy atom. The van der Waals surface area contributed by atoms with E-state index in [1.54, 1.807) is 6.20 Å². The van der Waals surface area contributed by atoms with Gasteiger partial charge in [-0.25, -0.2) is 4.98 Å². The van der Waals surface area contributed by atoms with Crippen LogP contribution in [0.4, 0.5) is 11.8 Å². The van der Waals surface area contributed by atoms with Gasteiger partial charge in [0.05, 0.1) is 12.8 Å². The van der Waals surface area contributed by atoms with Crippen molar-refractivity contribution in [2.75, 3.05) is 17.2 Å². The van der Waals surface area contributed by atoms with Crippen LogP contribution in [0.25, 0.3) is 0 Å². The Bertz CT molecular complexity index is 857. The van der Waals surface area contributed by atoms with Crippen molar-refractivity contribution < 1.29 is 5.11 Å². The van der Waals surface area contributed by atoms with Gasteiger partial charge < -0.3 is 15.7 Å². The largest absolute Gasteiger partial charge is 0.392 e. The zero-order valence-electron chi connectivity index (χ0n) is 17.6. The van der Waals surface area contributed by atoms with Crippen LogP contribution in [0.15, 0.2) is 30.5 Å². The zero-order chi connectivity index (χ0) is 20.9. The minimum atomic E-state index is 0.0600. The van der Waals surface area contributed by atoms with Gasteiger partial charge in [0, 0.05) is 12.6 Å². The monoisotopic (exact) mass is 393 g/mol. The summed E-state index contributed by atoms with van der Waals surface area (Å²) >= 11 is 0. The fourth-order valence-electron chi connectivity index (χ4n) is 3.89. The van der Waals surface area contributed by atoms with Gasteiger partial charge in [-0.3, -0.25) is 0 Å². The van der Waals surface area contributed by atoms with Gasteiger partial charge in [0.1, 0.15) is 17.5 Å². The Hall–Kier alpha value is -2.65. The number of benzene rings is 1. The maximum absolute atomic E-state index is 9.44. The van der Waals surface area contributed by atoms with Gasteiger partial charge >= 0.3 is 0 Å². The Balaban J connectivity index is 1.61. The van der Waals surface area contributed by atoms with Crippen LogP contribution in [0.3, 0.4) is 0 Å². The van der Waals surface area contributed by atoms with Crippen LogP contribution < -0.4 is 10.6 Å². The molecule has 0 amide bonds. The van der Waals surface area contributed by atoms with Crippen molar-refractivity contribution in [3.63, 3.8) is 0 Å². The van der Waals surface area contributed by atoms with Crippen LogP contribution in [0.5, 0.6) is 0 Å². The number of hydrogen-bond donors (Lipinski definition) is 3. The first-order valence-electron chi connectivity index (χ1n) is 10.4. The molecule has 0 radical (unpaired) electrons. The third-order valence-corrected chi connectivity index (χ3v) is 6.21. The highest BCUT2D eigenvalue weighted by molar-refractivity contribution is 5.54. The maximum atomic E-state index is 9.44. The first-order valence-corrected chi connectivity index (χ1v) is 10.4. The smallest absolute Gasteiger partial charge is 0.224 e. The summed E-state index contributed by atoms with van der Waals surface area (Å²) in [7, 11) is 0. The molecule has 3 rings (SSSR count). The second-order valence-corrected chi connectivity index (χ2v) is 8.73. The van der Waals surface area contributed by atoms with E-state index in [4.69, 9.17) is 5.11 Å². The van der Waals surface area contributed by atoms with E-state index < -0.39 is 0 Å². The number of nitrogens with zero attached hydrogens (tertiary/aromatic N) is 3. The maximum Gasteiger partial charge on any atom is 0.224 e.